The van der Waals surface area contributed by atoms with E-state index in [0.717, 1.165) is 43.7 Å². The molecule has 4 heteroatoms. The van der Waals surface area contributed by atoms with Crippen molar-refractivity contribution in [3.05, 3.63) is 24.0 Å². The number of benzene rings is 1. The van der Waals surface area contributed by atoms with Crippen LogP contribution in [0.1, 0.15) is 25.7 Å². The van der Waals surface area contributed by atoms with E-state index in [2.05, 4.69) is 4.90 Å². The van der Waals surface area contributed by atoms with E-state index in [1.807, 2.05) is 7.05 Å². The first-order chi connectivity index (χ1) is 9.10. The van der Waals surface area contributed by atoms with Crippen molar-refractivity contribution in [2.45, 2.75) is 31.7 Å². The molecule has 1 aliphatic carbocycles. The van der Waals surface area contributed by atoms with Gasteiger partial charge in [0, 0.05) is 25.7 Å². The lowest BCUT2D eigenvalue weighted by Gasteiger charge is -2.31. The van der Waals surface area contributed by atoms with Gasteiger partial charge in [-0.1, -0.05) is 0 Å². The Hall–Kier alpha value is -1.29. The predicted molar refractivity (Wildman–Crippen MR) is 76.2 cm³/mol. The first-order valence-corrected chi connectivity index (χ1v) is 6.90. The van der Waals surface area contributed by atoms with Gasteiger partial charge >= 0.3 is 0 Å². The number of anilines is 1. The highest BCUT2D eigenvalue weighted by molar-refractivity contribution is 5.58. The van der Waals surface area contributed by atoms with E-state index in [0.29, 0.717) is 12.0 Å². The fourth-order valence-corrected chi connectivity index (χ4v) is 2.82. The maximum absolute atomic E-state index is 13.4. The summed E-state index contributed by atoms with van der Waals surface area (Å²) in [4.78, 5) is 2.09. The van der Waals surface area contributed by atoms with Gasteiger partial charge in [-0.3, -0.25) is 0 Å². The molecule has 3 nitrogen and oxygen atoms in total. The molecule has 0 bridgehead atoms. The summed E-state index contributed by atoms with van der Waals surface area (Å²) < 4.78 is 18.7. The molecule has 1 aromatic rings. The number of nitrogens with zero attached hydrogens (tertiary/aromatic N) is 1. The standard InChI is InChI=1S/C15H23FN2O/c1-18(10-11-3-6-13(17)7-4-11)14-9-12(16)5-8-15(14)19-2/h5,8-9,11,13H,3-4,6-7,10,17H2,1-2H3. The third-order valence-corrected chi connectivity index (χ3v) is 3.98. The van der Waals surface area contributed by atoms with Crippen LogP contribution in [0, 0.1) is 11.7 Å². The molecule has 19 heavy (non-hydrogen) atoms. The zero-order valence-corrected chi connectivity index (χ0v) is 11.7. The fourth-order valence-electron chi connectivity index (χ4n) is 2.82. The van der Waals surface area contributed by atoms with E-state index in [-0.39, 0.29) is 5.82 Å². The van der Waals surface area contributed by atoms with Crippen LogP contribution < -0.4 is 15.4 Å². The van der Waals surface area contributed by atoms with Crippen molar-refractivity contribution in [2.75, 3.05) is 25.6 Å². The fraction of sp³-hybridized carbons (Fsp3) is 0.600. The minimum Gasteiger partial charge on any atom is -0.495 e. The van der Waals surface area contributed by atoms with Crippen LogP contribution in [-0.2, 0) is 0 Å². The Morgan fingerprint density at radius 1 is 1.32 bits per heavy atom. The number of methoxy groups -OCH3 is 1. The summed E-state index contributed by atoms with van der Waals surface area (Å²) in [6, 6.07) is 5.01. The molecule has 2 rings (SSSR count). The number of hydrogen-bond donors (Lipinski definition) is 1. The van der Waals surface area contributed by atoms with E-state index >= 15 is 0 Å². The Balaban J connectivity index is 2.03. The van der Waals surface area contributed by atoms with Gasteiger partial charge in [0.1, 0.15) is 11.6 Å². The highest BCUT2D eigenvalue weighted by Crippen LogP contribution is 2.31. The summed E-state index contributed by atoms with van der Waals surface area (Å²) >= 11 is 0. The van der Waals surface area contributed by atoms with Crippen molar-refractivity contribution < 1.29 is 9.13 Å². The molecule has 0 unspecified atom stereocenters. The normalized spacial score (nSPS) is 23.2. The van der Waals surface area contributed by atoms with Gasteiger partial charge in [0.05, 0.1) is 12.8 Å². The third kappa shape index (κ3) is 3.60. The Morgan fingerprint density at radius 2 is 2.00 bits per heavy atom. The summed E-state index contributed by atoms with van der Waals surface area (Å²) in [6.07, 6.45) is 4.50. The van der Waals surface area contributed by atoms with Crippen LogP contribution in [0.25, 0.3) is 0 Å². The van der Waals surface area contributed by atoms with Crippen LogP contribution in [0.5, 0.6) is 5.75 Å². The van der Waals surface area contributed by atoms with E-state index in [9.17, 15) is 4.39 Å². The number of hydrogen-bond acceptors (Lipinski definition) is 3. The quantitative estimate of drug-likeness (QED) is 0.910. The van der Waals surface area contributed by atoms with Gasteiger partial charge < -0.3 is 15.4 Å². The molecular weight excluding hydrogens is 243 g/mol. The number of halogens is 1. The van der Waals surface area contributed by atoms with Gasteiger partial charge in [-0.2, -0.15) is 0 Å². The Morgan fingerprint density at radius 3 is 2.63 bits per heavy atom. The van der Waals surface area contributed by atoms with Crippen molar-refractivity contribution >= 4 is 5.69 Å². The van der Waals surface area contributed by atoms with Crippen LogP contribution >= 0.6 is 0 Å². The zero-order valence-electron chi connectivity index (χ0n) is 11.7. The van der Waals surface area contributed by atoms with Crippen molar-refractivity contribution in [1.82, 2.24) is 0 Å². The predicted octanol–water partition coefficient (Wildman–Crippen LogP) is 2.79. The second-order valence-electron chi connectivity index (χ2n) is 5.48. The van der Waals surface area contributed by atoms with Gasteiger partial charge in [-0.25, -0.2) is 4.39 Å². The molecule has 0 spiro atoms. The topological polar surface area (TPSA) is 38.5 Å². The Labute approximate surface area is 114 Å². The second-order valence-corrected chi connectivity index (χ2v) is 5.48. The van der Waals surface area contributed by atoms with Crippen LogP contribution in [0.4, 0.5) is 10.1 Å². The molecule has 0 saturated heterocycles. The summed E-state index contributed by atoms with van der Waals surface area (Å²) in [7, 11) is 3.61. The summed E-state index contributed by atoms with van der Waals surface area (Å²) in [5.41, 5.74) is 6.74. The lowest BCUT2D eigenvalue weighted by atomic mass is 9.86. The number of nitrogens with two attached hydrogens (primary N) is 1. The minimum atomic E-state index is -0.228. The molecule has 0 radical (unpaired) electrons. The Kier molecular flexibility index (Phi) is 4.64. The lowest BCUT2D eigenvalue weighted by molar-refractivity contribution is 0.329. The summed E-state index contributed by atoms with van der Waals surface area (Å²) in [5, 5.41) is 0. The molecule has 0 heterocycles. The molecule has 1 aliphatic rings. The highest BCUT2D eigenvalue weighted by atomic mass is 19.1. The number of ether oxygens (including phenoxy) is 1. The first-order valence-electron chi connectivity index (χ1n) is 6.90. The molecule has 0 aliphatic heterocycles. The largest absolute Gasteiger partial charge is 0.495 e. The van der Waals surface area contributed by atoms with Gasteiger partial charge in [0.2, 0.25) is 0 Å². The average molecular weight is 266 g/mol. The molecule has 0 atom stereocenters. The van der Waals surface area contributed by atoms with Gasteiger partial charge in [0.15, 0.2) is 0 Å². The number of rotatable bonds is 4. The van der Waals surface area contributed by atoms with Crippen LogP contribution in [-0.4, -0.2) is 26.7 Å². The molecule has 0 aromatic heterocycles. The molecule has 106 valence electrons. The van der Waals surface area contributed by atoms with Gasteiger partial charge in [-0.05, 0) is 43.7 Å². The van der Waals surface area contributed by atoms with Crippen molar-refractivity contribution in [2.24, 2.45) is 11.7 Å². The zero-order chi connectivity index (χ0) is 13.8. The first kappa shape index (κ1) is 14.1. The smallest absolute Gasteiger partial charge is 0.142 e. The van der Waals surface area contributed by atoms with E-state index < -0.39 is 0 Å². The Bertz CT molecular complexity index is 417. The summed E-state index contributed by atoms with van der Waals surface area (Å²) in [5.74, 6) is 1.13. The summed E-state index contributed by atoms with van der Waals surface area (Å²) in [6.45, 7) is 0.923. The van der Waals surface area contributed by atoms with Crippen LogP contribution in [0.3, 0.4) is 0 Å². The average Bonchev–Trinajstić information content (AvgIpc) is 2.41. The van der Waals surface area contributed by atoms with Gasteiger partial charge in [-0.15, -0.1) is 0 Å². The van der Waals surface area contributed by atoms with E-state index in [1.165, 1.54) is 12.1 Å². The van der Waals surface area contributed by atoms with Crippen molar-refractivity contribution in [3.8, 4) is 5.75 Å². The van der Waals surface area contributed by atoms with E-state index in [1.54, 1.807) is 13.2 Å². The maximum atomic E-state index is 13.4. The van der Waals surface area contributed by atoms with Crippen LogP contribution in [0.2, 0.25) is 0 Å². The molecule has 2 N–H and O–H groups in total. The van der Waals surface area contributed by atoms with Crippen molar-refractivity contribution in [1.29, 1.82) is 0 Å². The van der Waals surface area contributed by atoms with Gasteiger partial charge in [0.25, 0.3) is 0 Å². The molecule has 1 aromatic carbocycles. The van der Waals surface area contributed by atoms with Crippen molar-refractivity contribution in [3.63, 3.8) is 0 Å². The second kappa shape index (κ2) is 6.24. The third-order valence-electron chi connectivity index (χ3n) is 3.98. The van der Waals surface area contributed by atoms with E-state index in [4.69, 9.17) is 10.5 Å². The minimum absolute atomic E-state index is 0.228. The molecule has 1 saturated carbocycles. The van der Waals surface area contributed by atoms with Crippen LogP contribution in [0.15, 0.2) is 18.2 Å². The highest BCUT2D eigenvalue weighted by Gasteiger charge is 2.21. The molecule has 1 fully saturated rings. The lowest BCUT2D eigenvalue weighted by Crippen LogP contribution is -2.32. The monoisotopic (exact) mass is 266 g/mol. The SMILES string of the molecule is COc1ccc(F)cc1N(C)CC1CCC(N)CC1. The molecule has 0 amide bonds. The maximum Gasteiger partial charge on any atom is 0.142 e. The molecular formula is C15H23FN2O.